The highest BCUT2D eigenvalue weighted by molar-refractivity contribution is 6.02. The maximum Gasteiger partial charge on any atom is 0.161 e. The molecule has 0 saturated heterocycles. The molecule has 0 saturated carbocycles. The van der Waals surface area contributed by atoms with Gasteiger partial charge >= 0.3 is 0 Å². The average molecular weight is 338 g/mol. The summed E-state index contributed by atoms with van der Waals surface area (Å²) in [6, 6.07) is 12.3. The molecule has 0 radical (unpaired) electrons. The molecule has 130 valence electrons. The zero-order valence-electron chi connectivity index (χ0n) is 14.9. The largest absolute Gasteiger partial charge is 0.493 e. The molecule has 0 spiro atoms. The molecule has 0 bridgehead atoms. The Hall–Kier alpha value is -2.95. The number of fused-ring (bicyclic) bond motifs is 1. The number of para-hydroxylation sites is 1. The van der Waals surface area contributed by atoms with Crippen LogP contribution in [0.2, 0.25) is 0 Å². The molecule has 3 rings (SSSR count). The third-order valence-electron chi connectivity index (χ3n) is 4.27. The van der Waals surface area contributed by atoms with Gasteiger partial charge < -0.3 is 18.9 Å². The van der Waals surface area contributed by atoms with E-state index in [0.29, 0.717) is 11.5 Å². The van der Waals surface area contributed by atoms with Crippen molar-refractivity contribution in [1.82, 2.24) is 4.57 Å². The number of hydrogen-bond donors (Lipinski definition) is 0. The lowest BCUT2D eigenvalue weighted by molar-refractivity contribution is 0.215. The third-order valence-corrected chi connectivity index (χ3v) is 4.27. The van der Waals surface area contributed by atoms with Crippen LogP contribution in [0.1, 0.15) is 12.5 Å². The van der Waals surface area contributed by atoms with Gasteiger partial charge in [0, 0.05) is 34.8 Å². The van der Waals surface area contributed by atoms with E-state index in [-0.39, 0.29) is 0 Å². The van der Waals surface area contributed by atoms with Crippen LogP contribution < -0.4 is 9.47 Å². The maximum absolute atomic E-state index is 5.50. The number of hydrogen-bond acceptors (Lipinski definition) is 4. The minimum Gasteiger partial charge on any atom is -0.493 e. The lowest BCUT2D eigenvalue weighted by Gasteiger charge is -2.12. The van der Waals surface area contributed by atoms with E-state index in [0.717, 1.165) is 23.2 Å². The quantitative estimate of drug-likeness (QED) is 0.496. The summed E-state index contributed by atoms with van der Waals surface area (Å²) in [7, 11) is 4.79. The summed E-state index contributed by atoms with van der Waals surface area (Å²) in [5.41, 5.74) is 4.24. The summed E-state index contributed by atoms with van der Waals surface area (Å²) in [5, 5.41) is 5.12. The number of benzene rings is 2. The molecule has 0 aliphatic rings. The van der Waals surface area contributed by atoms with Gasteiger partial charge in [0.1, 0.15) is 7.11 Å². The number of oxime groups is 1. The molecular formula is C20H22N2O3. The number of methoxy groups -OCH3 is 2. The van der Waals surface area contributed by atoms with Crippen molar-refractivity contribution in [3.05, 3.63) is 48.2 Å². The highest BCUT2D eigenvalue weighted by atomic mass is 16.6. The number of rotatable bonds is 6. The lowest BCUT2D eigenvalue weighted by atomic mass is 9.99. The van der Waals surface area contributed by atoms with Crippen LogP contribution in [0.3, 0.4) is 0 Å². The summed E-state index contributed by atoms with van der Waals surface area (Å²) in [5.74, 6) is 1.34. The SMILES string of the molecule is CCn1cc(-c2cc(OC)c(OC)cc2/C=N/OC)c2ccccc21. The average Bonchev–Trinajstić information content (AvgIpc) is 3.04. The Bertz CT molecular complexity index is 913. The van der Waals surface area contributed by atoms with Crippen molar-refractivity contribution in [2.45, 2.75) is 13.5 Å². The minimum absolute atomic E-state index is 0.656. The van der Waals surface area contributed by atoms with Crippen LogP contribution in [0.15, 0.2) is 47.8 Å². The molecule has 0 fully saturated rings. The third kappa shape index (κ3) is 3.05. The van der Waals surface area contributed by atoms with Crippen molar-refractivity contribution >= 4 is 17.1 Å². The van der Waals surface area contributed by atoms with E-state index >= 15 is 0 Å². The van der Waals surface area contributed by atoms with Gasteiger partial charge in [0.2, 0.25) is 0 Å². The normalized spacial score (nSPS) is 11.2. The van der Waals surface area contributed by atoms with E-state index < -0.39 is 0 Å². The van der Waals surface area contributed by atoms with Crippen molar-refractivity contribution in [1.29, 1.82) is 0 Å². The van der Waals surface area contributed by atoms with Crippen LogP contribution in [-0.4, -0.2) is 32.1 Å². The smallest absolute Gasteiger partial charge is 0.161 e. The fraction of sp³-hybridized carbons (Fsp3) is 0.250. The van der Waals surface area contributed by atoms with Crippen LogP contribution in [0.5, 0.6) is 11.5 Å². The molecule has 5 nitrogen and oxygen atoms in total. The zero-order chi connectivity index (χ0) is 17.8. The fourth-order valence-corrected chi connectivity index (χ4v) is 3.07. The van der Waals surface area contributed by atoms with Gasteiger partial charge in [0.15, 0.2) is 11.5 Å². The van der Waals surface area contributed by atoms with Crippen molar-refractivity contribution in [2.75, 3.05) is 21.3 Å². The fourth-order valence-electron chi connectivity index (χ4n) is 3.07. The van der Waals surface area contributed by atoms with Crippen LogP contribution >= 0.6 is 0 Å². The second kappa shape index (κ2) is 7.30. The molecule has 0 unspecified atom stereocenters. The number of aryl methyl sites for hydroxylation is 1. The molecular weight excluding hydrogens is 316 g/mol. The van der Waals surface area contributed by atoms with E-state index in [4.69, 9.17) is 14.3 Å². The molecule has 1 heterocycles. The topological polar surface area (TPSA) is 45.0 Å². The van der Waals surface area contributed by atoms with Gasteiger partial charge in [0.25, 0.3) is 0 Å². The van der Waals surface area contributed by atoms with Gasteiger partial charge in [0.05, 0.1) is 20.4 Å². The Labute approximate surface area is 147 Å². The van der Waals surface area contributed by atoms with E-state index in [1.165, 1.54) is 18.0 Å². The summed E-state index contributed by atoms with van der Waals surface area (Å²) < 4.78 is 13.2. The number of nitrogens with zero attached hydrogens (tertiary/aromatic N) is 2. The van der Waals surface area contributed by atoms with E-state index in [9.17, 15) is 0 Å². The molecule has 3 aromatic rings. The summed E-state index contributed by atoms with van der Waals surface area (Å²) >= 11 is 0. The van der Waals surface area contributed by atoms with Gasteiger partial charge in [-0.1, -0.05) is 23.4 Å². The second-order valence-corrected chi connectivity index (χ2v) is 5.56. The van der Waals surface area contributed by atoms with Crippen LogP contribution in [0.4, 0.5) is 0 Å². The zero-order valence-corrected chi connectivity index (χ0v) is 14.9. The first-order chi connectivity index (χ1) is 12.2. The Morgan fingerprint density at radius 2 is 1.72 bits per heavy atom. The van der Waals surface area contributed by atoms with Crippen LogP contribution in [-0.2, 0) is 11.4 Å². The van der Waals surface area contributed by atoms with Gasteiger partial charge in [-0.2, -0.15) is 0 Å². The first kappa shape index (κ1) is 16.9. The molecule has 25 heavy (non-hydrogen) atoms. The molecule has 0 atom stereocenters. The summed E-state index contributed by atoms with van der Waals surface area (Å²) in [6.45, 7) is 3.04. The highest BCUT2D eigenvalue weighted by Crippen LogP contribution is 2.38. The van der Waals surface area contributed by atoms with Crippen molar-refractivity contribution in [3.8, 4) is 22.6 Å². The van der Waals surface area contributed by atoms with Gasteiger partial charge in [-0.3, -0.25) is 0 Å². The predicted octanol–water partition coefficient (Wildman–Crippen LogP) is 4.33. The number of ether oxygens (including phenoxy) is 2. The monoisotopic (exact) mass is 338 g/mol. The first-order valence-corrected chi connectivity index (χ1v) is 8.14. The van der Waals surface area contributed by atoms with E-state index in [1.807, 2.05) is 12.1 Å². The molecule has 0 N–H and O–H groups in total. The van der Waals surface area contributed by atoms with Crippen LogP contribution in [0.25, 0.3) is 22.0 Å². The highest BCUT2D eigenvalue weighted by Gasteiger charge is 2.16. The molecule has 5 heteroatoms. The van der Waals surface area contributed by atoms with Gasteiger partial charge in [-0.25, -0.2) is 0 Å². The summed E-state index contributed by atoms with van der Waals surface area (Å²) in [6.07, 6.45) is 3.85. The van der Waals surface area contributed by atoms with Gasteiger partial charge in [-0.15, -0.1) is 0 Å². The number of aromatic nitrogens is 1. The standard InChI is InChI=1S/C20H22N2O3/c1-5-22-13-17(15-8-6-7-9-18(15)22)16-11-20(24-3)19(23-2)10-14(16)12-21-25-4/h6-13H,5H2,1-4H3/b21-12+. The lowest BCUT2D eigenvalue weighted by Crippen LogP contribution is -1.96. The second-order valence-electron chi connectivity index (χ2n) is 5.56. The Morgan fingerprint density at radius 1 is 1.00 bits per heavy atom. The maximum atomic E-state index is 5.50. The van der Waals surface area contributed by atoms with Gasteiger partial charge in [-0.05, 0) is 30.7 Å². The Kier molecular flexibility index (Phi) is 4.93. The molecule has 0 aliphatic heterocycles. The molecule has 0 amide bonds. The predicted molar refractivity (Wildman–Crippen MR) is 101 cm³/mol. The van der Waals surface area contributed by atoms with Crippen molar-refractivity contribution in [3.63, 3.8) is 0 Å². The Morgan fingerprint density at radius 3 is 2.40 bits per heavy atom. The van der Waals surface area contributed by atoms with Crippen molar-refractivity contribution in [2.24, 2.45) is 5.16 Å². The molecule has 1 aromatic heterocycles. The summed E-state index contributed by atoms with van der Waals surface area (Å²) in [4.78, 5) is 4.87. The Balaban J connectivity index is 2.30. The van der Waals surface area contributed by atoms with Crippen molar-refractivity contribution < 1.29 is 14.3 Å². The van der Waals surface area contributed by atoms with Crippen LogP contribution in [0, 0.1) is 0 Å². The van der Waals surface area contributed by atoms with E-state index in [1.54, 1.807) is 20.4 Å². The molecule has 2 aromatic carbocycles. The molecule has 0 aliphatic carbocycles. The van der Waals surface area contributed by atoms with E-state index in [2.05, 4.69) is 47.1 Å². The minimum atomic E-state index is 0.656. The first-order valence-electron chi connectivity index (χ1n) is 8.14.